The largest absolute Gasteiger partial charge is 0.507 e. The van der Waals surface area contributed by atoms with E-state index in [0.717, 1.165) is 40.2 Å². The van der Waals surface area contributed by atoms with Crippen molar-refractivity contribution in [1.29, 1.82) is 0 Å². The molecule has 18 nitrogen and oxygen atoms in total. The van der Waals surface area contributed by atoms with Crippen LogP contribution in [0.4, 0.5) is 17.5 Å². The number of nitrogens with zero attached hydrogens (tertiary/aromatic N) is 9. The van der Waals surface area contributed by atoms with E-state index in [4.69, 9.17) is 5.73 Å². The lowest BCUT2D eigenvalue weighted by molar-refractivity contribution is -0.144. The first-order valence-electron chi connectivity index (χ1n) is 23.2. The van der Waals surface area contributed by atoms with Gasteiger partial charge in [-0.25, -0.2) is 15.0 Å². The van der Waals surface area contributed by atoms with Crippen molar-refractivity contribution in [2.24, 2.45) is 11.3 Å². The van der Waals surface area contributed by atoms with E-state index in [1.54, 1.807) is 46.8 Å². The molecular weight excluding hydrogens is 885 g/mol. The van der Waals surface area contributed by atoms with Crippen molar-refractivity contribution in [2.75, 3.05) is 48.3 Å². The summed E-state index contributed by atoms with van der Waals surface area (Å²) in [6.45, 7) is 9.78. The highest BCUT2D eigenvalue weighted by Gasteiger charge is 2.46. The maximum Gasteiger partial charge on any atom is 0.256 e. The highest BCUT2D eigenvalue weighted by molar-refractivity contribution is 7.13. The van der Waals surface area contributed by atoms with E-state index in [1.807, 2.05) is 69.6 Å². The minimum absolute atomic E-state index is 0.0192. The van der Waals surface area contributed by atoms with Crippen molar-refractivity contribution < 1.29 is 29.4 Å². The van der Waals surface area contributed by atoms with Crippen molar-refractivity contribution >= 4 is 52.4 Å². The molecule has 68 heavy (non-hydrogen) atoms. The van der Waals surface area contributed by atoms with Crippen LogP contribution in [0.2, 0.25) is 0 Å². The molecule has 0 aliphatic carbocycles. The number of amides is 4. The molecule has 5 aromatic rings. The summed E-state index contributed by atoms with van der Waals surface area (Å²) in [5.74, 6) is -0.741. The number of hydrogen-bond acceptors (Lipinski definition) is 15. The number of aryl methyl sites for hydroxylation is 1. The lowest BCUT2D eigenvalue weighted by Crippen LogP contribution is -2.58. The molecule has 0 saturated carbocycles. The Balaban J connectivity index is 0.774. The summed E-state index contributed by atoms with van der Waals surface area (Å²) < 4.78 is 0. The first kappa shape index (κ1) is 46.4. The molecule has 2 aromatic carbocycles. The number of carbonyl (C=O) groups is 4. The number of para-hydroxylation sites is 1. The van der Waals surface area contributed by atoms with Gasteiger partial charge in [0.05, 0.1) is 39.1 Å². The lowest BCUT2D eigenvalue weighted by Gasteiger charge is -2.42. The van der Waals surface area contributed by atoms with Crippen molar-refractivity contribution in [3.05, 3.63) is 89.3 Å². The Bertz CT molecular complexity index is 2650. The molecule has 4 amide bonds. The first-order chi connectivity index (χ1) is 32.6. The van der Waals surface area contributed by atoms with E-state index in [2.05, 4.69) is 45.6 Å². The second-order valence-corrected chi connectivity index (χ2v) is 20.3. The third-order valence-electron chi connectivity index (χ3n) is 13.8. The Labute approximate surface area is 399 Å². The zero-order valence-electron chi connectivity index (χ0n) is 38.7. The van der Waals surface area contributed by atoms with Gasteiger partial charge in [-0.15, -0.1) is 21.5 Å². The number of aliphatic hydroxyl groups excluding tert-OH is 1. The van der Waals surface area contributed by atoms with E-state index in [9.17, 15) is 29.4 Å². The second-order valence-electron chi connectivity index (χ2n) is 19.4. The molecule has 4 fully saturated rings. The van der Waals surface area contributed by atoms with Gasteiger partial charge in [0.25, 0.3) is 5.91 Å². The van der Waals surface area contributed by atoms with E-state index in [1.165, 1.54) is 4.90 Å². The van der Waals surface area contributed by atoms with Crippen molar-refractivity contribution in [3.63, 3.8) is 0 Å². The molecule has 2 bridgehead atoms. The summed E-state index contributed by atoms with van der Waals surface area (Å²) in [5, 5.41) is 35.5. The zero-order chi connectivity index (χ0) is 47.9. The number of carbonyl (C=O) groups excluding carboxylic acids is 4. The summed E-state index contributed by atoms with van der Waals surface area (Å²) in [4.78, 5) is 77.7. The first-order valence-corrected chi connectivity index (χ1v) is 24.1. The van der Waals surface area contributed by atoms with Gasteiger partial charge in [-0.3, -0.25) is 19.2 Å². The number of aliphatic hydroxyl groups is 1. The molecule has 0 radical (unpaired) electrons. The highest BCUT2D eigenvalue weighted by Crippen LogP contribution is 2.38. The molecule has 0 spiro atoms. The predicted molar refractivity (Wildman–Crippen MR) is 257 cm³/mol. The maximum absolute atomic E-state index is 14.3. The van der Waals surface area contributed by atoms with Gasteiger partial charge in [0.2, 0.25) is 23.7 Å². The van der Waals surface area contributed by atoms with Crippen molar-refractivity contribution in [3.8, 4) is 27.4 Å². The van der Waals surface area contributed by atoms with Gasteiger partial charge in [0.15, 0.2) is 5.82 Å². The van der Waals surface area contributed by atoms with Crippen LogP contribution in [0.15, 0.2) is 72.5 Å². The molecular formula is C49H58N12O6S. The van der Waals surface area contributed by atoms with Crippen LogP contribution in [0.3, 0.4) is 0 Å². The number of nitrogens with one attached hydrogen (secondary N) is 2. The smallest absolute Gasteiger partial charge is 0.256 e. The van der Waals surface area contributed by atoms with Crippen LogP contribution >= 0.6 is 11.3 Å². The number of aromatic hydroxyl groups is 1. The van der Waals surface area contributed by atoms with Crippen LogP contribution in [0, 0.1) is 18.3 Å². The summed E-state index contributed by atoms with van der Waals surface area (Å²) in [6.07, 6.45) is 5.04. The number of nitrogen functional groups attached to an aromatic ring is 1. The number of fused-ring (bicyclic) bond motifs is 2. The maximum atomic E-state index is 14.3. The molecule has 5 atom stereocenters. The van der Waals surface area contributed by atoms with Crippen LogP contribution in [0.5, 0.6) is 5.75 Å². The third kappa shape index (κ3) is 9.54. The Morgan fingerprint density at radius 1 is 0.897 bits per heavy atom. The molecule has 3 aromatic heterocycles. The topological polar surface area (TPSA) is 236 Å². The SMILES string of the molecule is Cc1ncsc1-c1ccc(CNC(=O)[C@@H]2C[C@@H](O)CN2C(=O)[C@@H](NC(=O)C2CCN(C(=O)c3cnc(N4C5CCC4CN(c4cc(-c6ccccc6O)nnc4N)C5)nc3)CC2)C(C)(C)C)cc1. The van der Waals surface area contributed by atoms with Crippen molar-refractivity contribution in [2.45, 2.75) is 96.6 Å². The molecule has 4 saturated heterocycles. The number of rotatable bonds is 11. The van der Waals surface area contributed by atoms with Gasteiger partial charge in [-0.05, 0) is 67.3 Å². The van der Waals surface area contributed by atoms with Gasteiger partial charge in [-0.1, -0.05) is 57.2 Å². The number of hydrogen-bond donors (Lipinski definition) is 5. The van der Waals surface area contributed by atoms with Gasteiger partial charge < -0.3 is 46.2 Å². The number of piperazine rings is 1. The minimum atomic E-state index is -0.958. The summed E-state index contributed by atoms with van der Waals surface area (Å²) >= 11 is 1.57. The Hall–Kier alpha value is -6.73. The number of anilines is 3. The molecule has 6 N–H and O–H groups in total. The van der Waals surface area contributed by atoms with Crippen LogP contribution < -0.4 is 26.2 Å². The summed E-state index contributed by atoms with van der Waals surface area (Å²) in [6, 6.07) is 15.1. The summed E-state index contributed by atoms with van der Waals surface area (Å²) in [5.41, 5.74) is 12.6. The lowest BCUT2D eigenvalue weighted by atomic mass is 9.84. The van der Waals surface area contributed by atoms with E-state index in [0.29, 0.717) is 67.6 Å². The molecule has 4 aliphatic rings. The van der Waals surface area contributed by atoms with Crippen LogP contribution in [0.25, 0.3) is 21.7 Å². The van der Waals surface area contributed by atoms with Gasteiger partial charge in [0.1, 0.15) is 17.8 Å². The minimum Gasteiger partial charge on any atom is -0.507 e. The molecule has 2 unspecified atom stereocenters. The third-order valence-corrected chi connectivity index (χ3v) is 14.7. The number of β-amino-alcohol motifs (C(OH)–C–C–N with tert-alkyl or cyclic N) is 1. The Kier molecular flexibility index (Phi) is 13.0. The fourth-order valence-corrected chi connectivity index (χ4v) is 10.8. The van der Waals surface area contributed by atoms with E-state index >= 15 is 0 Å². The molecule has 4 aliphatic heterocycles. The number of aromatic nitrogens is 5. The number of likely N-dealkylation sites (tertiary alicyclic amines) is 2. The monoisotopic (exact) mass is 942 g/mol. The highest BCUT2D eigenvalue weighted by atomic mass is 32.1. The predicted octanol–water partition coefficient (Wildman–Crippen LogP) is 4.17. The van der Waals surface area contributed by atoms with Crippen molar-refractivity contribution in [1.82, 2.24) is 45.6 Å². The average Bonchev–Trinajstić information content (AvgIpc) is 4.03. The van der Waals surface area contributed by atoms with Gasteiger partial charge >= 0.3 is 0 Å². The number of thiazole rings is 1. The van der Waals surface area contributed by atoms with Crippen LogP contribution in [-0.4, -0.2) is 132 Å². The fraction of sp³-hybridized carbons (Fsp3) is 0.449. The number of piperidine rings is 1. The molecule has 356 valence electrons. The standard InChI is InChI=1S/C49H58N12O6S/c1-28-41(68-27-54-28)30-11-9-29(10-12-30)21-51-45(65)39-19-35(62)26-60(39)47(67)42(49(2,3)4)55-44(64)31-15-17-58(18-16-31)46(66)32-22-52-48(53-23-32)61-33-13-14-34(61)25-59(24-33)38-20-37(56-57-43(38)50)36-7-5-6-8-40(36)63/h5-12,20,22-23,27,31,33-35,39,42,62-63H,13-19,21,24-26H2,1-4H3,(H2,50,57)(H,51,65)(H,55,64)/t33?,34?,35-,39+,42-/m1/s1. The van der Waals surface area contributed by atoms with E-state index in [-0.39, 0.29) is 55.1 Å². The summed E-state index contributed by atoms with van der Waals surface area (Å²) in [7, 11) is 0. The second kappa shape index (κ2) is 19.1. The number of phenols is 1. The number of phenolic OH excluding ortho intramolecular Hbond substituents is 1. The average molecular weight is 943 g/mol. The van der Waals surface area contributed by atoms with Crippen LogP contribution in [0.1, 0.15) is 74.5 Å². The van der Waals surface area contributed by atoms with Gasteiger partial charge in [-0.2, -0.15) is 0 Å². The Morgan fingerprint density at radius 2 is 1.59 bits per heavy atom. The zero-order valence-corrected chi connectivity index (χ0v) is 39.5. The normalized spacial score (nSPS) is 21.2. The van der Waals surface area contributed by atoms with Gasteiger partial charge in [0, 0.05) is 81.6 Å². The fourth-order valence-electron chi connectivity index (χ4n) is 10.0. The van der Waals surface area contributed by atoms with E-state index < -0.39 is 35.4 Å². The van der Waals surface area contributed by atoms with Crippen LogP contribution in [-0.2, 0) is 20.9 Å². The Morgan fingerprint density at radius 3 is 2.24 bits per heavy atom. The number of nitrogens with two attached hydrogens (primary N) is 1. The molecule has 7 heterocycles. The number of benzene rings is 2. The molecule has 9 rings (SSSR count). The molecule has 19 heteroatoms. The quantitative estimate of drug-likeness (QED) is 0.125.